The molecule has 1 heterocycles. The zero-order valence-electron chi connectivity index (χ0n) is 13.3. The minimum absolute atomic E-state index is 0.0176. The molecule has 23 heavy (non-hydrogen) atoms. The molecular formula is C16H19Br3N2O2. The van der Waals surface area contributed by atoms with Gasteiger partial charge in [0.15, 0.2) is 0 Å². The van der Waals surface area contributed by atoms with Crippen LogP contribution in [0.4, 0.5) is 0 Å². The van der Waals surface area contributed by atoms with Crippen molar-refractivity contribution in [3.63, 3.8) is 0 Å². The SMILES string of the molecule is COc1c(Br)cc(Br)c(/C=C\N(C)C(=O)[C@@H]2CCCN2C)c1Br. The van der Waals surface area contributed by atoms with Crippen LogP contribution in [0.3, 0.4) is 0 Å². The Labute approximate surface area is 162 Å². The third-order valence-electron chi connectivity index (χ3n) is 3.99. The number of likely N-dealkylation sites (N-methyl/N-ethyl adjacent to an activating group) is 2. The summed E-state index contributed by atoms with van der Waals surface area (Å²) in [5.74, 6) is 0.843. The topological polar surface area (TPSA) is 32.8 Å². The molecule has 0 unspecified atom stereocenters. The summed E-state index contributed by atoms with van der Waals surface area (Å²) < 4.78 is 7.98. The summed E-state index contributed by atoms with van der Waals surface area (Å²) in [6.45, 7) is 0.981. The molecule has 0 aliphatic carbocycles. The van der Waals surface area contributed by atoms with E-state index in [0.717, 1.165) is 44.1 Å². The van der Waals surface area contributed by atoms with Crippen molar-refractivity contribution in [3.05, 3.63) is 31.2 Å². The lowest BCUT2D eigenvalue weighted by Crippen LogP contribution is -2.40. The standard InChI is InChI=1S/C16H19Br3N2O2/c1-20-7-4-5-13(20)16(22)21(2)8-6-10-11(17)9-12(18)15(23-3)14(10)19/h6,8-9,13H,4-5,7H2,1-3H3/b8-6-/t13-/m0/s1. The molecule has 7 heteroatoms. The Morgan fingerprint density at radius 3 is 2.65 bits per heavy atom. The lowest BCUT2D eigenvalue weighted by Gasteiger charge is -2.22. The number of benzene rings is 1. The molecule has 1 aliphatic heterocycles. The number of ether oxygens (including phenoxy) is 1. The summed E-state index contributed by atoms with van der Waals surface area (Å²) in [6, 6.07) is 1.91. The van der Waals surface area contributed by atoms with Crippen LogP contribution >= 0.6 is 47.8 Å². The van der Waals surface area contributed by atoms with Crippen LogP contribution in [0.25, 0.3) is 6.08 Å². The molecule has 4 nitrogen and oxygen atoms in total. The highest BCUT2D eigenvalue weighted by Gasteiger charge is 2.29. The van der Waals surface area contributed by atoms with E-state index in [1.54, 1.807) is 25.3 Å². The second-order valence-corrected chi connectivity index (χ2v) is 8.01. The van der Waals surface area contributed by atoms with Crippen LogP contribution in [0.2, 0.25) is 0 Å². The molecule has 1 amide bonds. The van der Waals surface area contributed by atoms with E-state index < -0.39 is 0 Å². The van der Waals surface area contributed by atoms with Crippen molar-refractivity contribution < 1.29 is 9.53 Å². The van der Waals surface area contributed by atoms with Gasteiger partial charge in [0.2, 0.25) is 5.91 Å². The van der Waals surface area contributed by atoms with Crippen molar-refractivity contribution in [2.24, 2.45) is 0 Å². The number of carbonyl (C=O) groups is 1. The number of carbonyl (C=O) groups excluding carboxylic acids is 1. The maximum absolute atomic E-state index is 12.5. The smallest absolute Gasteiger partial charge is 0.243 e. The van der Waals surface area contributed by atoms with Crippen molar-refractivity contribution in [1.82, 2.24) is 9.80 Å². The molecular weight excluding hydrogens is 492 g/mol. The normalized spacial score (nSPS) is 18.6. The second kappa shape index (κ2) is 8.14. The van der Waals surface area contributed by atoms with Crippen LogP contribution in [0.1, 0.15) is 18.4 Å². The highest BCUT2D eigenvalue weighted by molar-refractivity contribution is 9.11. The summed E-state index contributed by atoms with van der Waals surface area (Å²) >= 11 is 10.6. The van der Waals surface area contributed by atoms with E-state index in [-0.39, 0.29) is 11.9 Å². The van der Waals surface area contributed by atoms with Crippen LogP contribution in [-0.2, 0) is 4.79 Å². The lowest BCUT2D eigenvalue weighted by molar-refractivity contribution is -0.131. The summed E-state index contributed by atoms with van der Waals surface area (Å²) in [4.78, 5) is 16.3. The number of amides is 1. The molecule has 126 valence electrons. The zero-order chi connectivity index (χ0) is 17.1. The first-order chi connectivity index (χ1) is 10.9. The Hall–Kier alpha value is -0.370. The van der Waals surface area contributed by atoms with Crippen molar-refractivity contribution in [2.75, 3.05) is 27.7 Å². The molecule has 2 rings (SSSR count). The van der Waals surface area contributed by atoms with E-state index in [1.165, 1.54) is 0 Å². The average Bonchev–Trinajstić information content (AvgIpc) is 2.92. The van der Waals surface area contributed by atoms with Gasteiger partial charge in [0.25, 0.3) is 0 Å². The molecule has 1 atom stereocenters. The van der Waals surface area contributed by atoms with E-state index >= 15 is 0 Å². The van der Waals surface area contributed by atoms with Gasteiger partial charge in [0.1, 0.15) is 5.75 Å². The Kier molecular flexibility index (Phi) is 6.71. The number of hydrogen-bond acceptors (Lipinski definition) is 3. The van der Waals surface area contributed by atoms with E-state index in [9.17, 15) is 4.79 Å². The van der Waals surface area contributed by atoms with Crippen molar-refractivity contribution in [3.8, 4) is 5.75 Å². The molecule has 0 radical (unpaired) electrons. The fourth-order valence-corrected chi connectivity index (χ4v) is 5.35. The predicted molar refractivity (Wildman–Crippen MR) is 104 cm³/mol. The lowest BCUT2D eigenvalue weighted by atomic mass is 10.2. The molecule has 1 fully saturated rings. The number of hydrogen-bond donors (Lipinski definition) is 0. The number of likely N-dealkylation sites (tertiary alicyclic amines) is 1. The van der Waals surface area contributed by atoms with Gasteiger partial charge in [-0.15, -0.1) is 0 Å². The third-order valence-corrected chi connectivity index (χ3v) is 6.02. The predicted octanol–water partition coefficient (Wildman–Crippen LogP) is 4.51. The van der Waals surface area contributed by atoms with Gasteiger partial charge in [-0.3, -0.25) is 9.69 Å². The summed E-state index contributed by atoms with van der Waals surface area (Å²) in [6.07, 6.45) is 5.70. The average molecular weight is 511 g/mol. The number of methoxy groups -OCH3 is 1. The van der Waals surface area contributed by atoms with Gasteiger partial charge < -0.3 is 9.64 Å². The van der Waals surface area contributed by atoms with E-state index in [2.05, 4.69) is 52.7 Å². The first-order valence-electron chi connectivity index (χ1n) is 7.23. The second-order valence-electron chi connectivity index (χ2n) is 5.50. The number of halogens is 3. The van der Waals surface area contributed by atoms with Crippen LogP contribution in [0, 0.1) is 0 Å². The van der Waals surface area contributed by atoms with Gasteiger partial charge in [0.05, 0.1) is 22.1 Å². The highest BCUT2D eigenvalue weighted by Crippen LogP contribution is 2.40. The Morgan fingerprint density at radius 1 is 1.39 bits per heavy atom. The molecule has 0 spiro atoms. The van der Waals surface area contributed by atoms with Gasteiger partial charge in [0, 0.05) is 23.3 Å². The first-order valence-corrected chi connectivity index (χ1v) is 9.61. The molecule has 1 aromatic rings. The maximum atomic E-state index is 12.5. The van der Waals surface area contributed by atoms with Gasteiger partial charge in [-0.2, -0.15) is 0 Å². The number of rotatable bonds is 4. The number of nitrogens with zero attached hydrogens (tertiary/aromatic N) is 2. The Bertz CT molecular complexity index is 634. The summed E-state index contributed by atoms with van der Waals surface area (Å²) in [5, 5.41) is 0. The maximum Gasteiger partial charge on any atom is 0.243 e. The zero-order valence-corrected chi connectivity index (χ0v) is 18.0. The van der Waals surface area contributed by atoms with E-state index in [1.807, 2.05) is 19.2 Å². The third kappa shape index (κ3) is 4.18. The highest BCUT2D eigenvalue weighted by atomic mass is 79.9. The van der Waals surface area contributed by atoms with Gasteiger partial charge in [-0.1, -0.05) is 15.9 Å². The van der Waals surface area contributed by atoms with Crippen LogP contribution in [0.15, 0.2) is 25.7 Å². The quantitative estimate of drug-likeness (QED) is 0.597. The molecule has 1 aliphatic rings. The molecule has 0 N–H and O–H groups in total. The van der Waals surface area contributed by atoms with Gasteiger partial charge in [-0.05, 0) is 70.4 Å². The minimum atomic E-state index is -0.0176. The first kappa shape index (κ1) is 19.0. The fourth-order valence-electron chi connectivity index (χ4n) is 2.64. The van der Waals surface area contributed by atoms with Gasteiger partial charge in [-0.25, -0.2) is 0 Å². The molecule has 0 bridgehead atoms. The minimum Gasteiger partial charge on any atom is -0.494 e. The van der Waals surface area contributed by atoms with Crippen LogP contribution < -0.4 is 4.74 Å². The largest absolute Gasteiger partial charge is 0.494 e. The van der Waals surface area contributed by atoms with Crippen molar-refractivity contribution in [2.45, 2.75) is 18.9 Å². The van der Waals surface area contributed by atoms with E-state index in [4.69, 9.17) is 4.74 Å². The molecule has 1 aromatic carbocycles. The van der Waals surface area contributed by atoms with Gasteiger partial charge >= 0.3 is 0 Å². The van der Waals surface area contributed by atoms with E-state index in [0.29, 0.717) is 0 Å². The van der Waals surface area contributed by atoms with Crippen molar-refractivity contribution >= 4 is 59.8 Å². The summed E-state index contributed by atoms with van der Waals surface area (Å²) in [7, 11) is 5.42. The summed E-state index contributed by atoms with van der Waals surface area (Å²) in [5.41, 5.74) is 0.921. The monoisotopic (exact) mass is 508 g/mol. The van der Waals surface area contributed by atoms with Crippen molar-refractivity contribution in [1.29, 1.82) is 0 Å². The van der Waals surface area contributed by atoms with Crippen LogP contribution in [-0.4, -0.2) is 49.5 Å². The molecule has 1 saturated heterocycles. The molecule has 0 saturated carbocycles. The Balaban J connectivity index is 2.21. The Morgan fingerprint density at radius 2 is 2.09 bits per heavy atom. The molecule has 0 aromatic heterocycles. The van der Waals surface area contributed by atoms with Crippen LogP contribution in [0.5, 0.6) is 5.75 Å². The fraction of sp³-hybridized carbons (Fsp3) is 0.438.